The van der Waals surface area contributed by atoms with Crippen molar-refractivity contribution in [1.82, 2.24) is 5.32 Å². The lowest BCUT2D eigenvalue weighted by molar-refractivity contribution is 0.0944. The standard InChI is InChI=1S/C16H17NO2S/c1-20-15-10-6-5-9-14(15)16(18)17-11-12-19-13-7-3-2-4-8-13/h2-10H,11-12H2,1H3,(H,17,18). The normalized spacial score (nSPS) is 10.1. The minimum atomic E-state index is -0.0633. The first-order valence-electron chi connectivity index (χ1n) is 6.40. The van der Waals surface area contributed by atoms with Gasteiger partial charge in [-0.3, -0.25) is 4.79 Å². The number of amides is 1. The number of thioether (sulfide) groups is 1. The monoisotopic (exact) mass is 287 g/mol. The zero-order valence-electron chi connectivity index (χ0n) is 11.3. The van der Waals surface area contributed by atoms with Gasteiger partial charge in [0.1, 0.15) is 12.4 Å². The van der Waals surface area contributed by atoms with Crippen molar-refractivity contribution in [3.8, 4) is 5.75 Å². The Morgan fingerprint density at radius 2 is 1.80 bits per heavy atom. The molecule has 0 fully saturated rings. The molecule has 0 atom stereocenters. The van der Waals surface area contributed by atoms with Crippen molar-refractivity contribution in [2.75, 3.05) is 19.4 Å². The predicted molar refractivity (Wildman–Crippen MR) is 82.5 cm³/mol. The zero-order valence-corrected chi connectivity index (χ0v) is 12.2. The molecule has 0 aliphatic rings. The molecule has 104 valence electrons. The van der Waals surface area contributed by atoms with Gasteiger partial charge < -0.3 is 10.1 Å². The number of hydrogen-bond donors (Lipinski definition) is 1. The van der Waals surface area contributed by atoms with Crippen LogP contribution in [0.15, 0.2) is 59.5 Å². The molecule has 0 aromatic heterocycles. The number of ether oxygens (including phenoxy) is 1. The minimum absolute atomic E-state index is 0.0633. The van der Waals surface area contributed by atoms with Crippen molar-refractivity contribution in [2.24, 2.45) is 0 Å². The van der Waals surface area contributed by atoms with Crippen molar-refractivity contribution in [3.63, 3.8) is 0 Å². The van der Waals surface area contributed by atoms with Crippen LogP contribution in [0.3, 0.4) is 0 Å². The van der Waals surface area contributed by atoms with Crippen molar-refractivity contribution < 1.29 is 9.53 Å². The van der Waals surface area contributed by atoms with E-state index in [1.54, 1.807) is 11.8 Å². The SMILES string of the molecule is CSc1ccccc1C(=O)NCCOc1ccccc1. The number of rotatable bonds is 6. The van der Waals surface area contributed by atoms with Crippen molar-refractivity contribution in [1.29, 1.82) is 0 Å². The van der Waals surface area contributed by atoms with Crippen LogP contribution in [-0.4, -0.2) is 25.3 Å². The molecule has 0 spiro atoms. The summed E-state index contributed by atoms with van der Waals surface area (Å²) in [6.45, 7) is 0.938. The summed E-state index contributed by atoms with van der Waals surface area (Å²) >= 11 is 1.57. The third kappa shape index (κ3) is 4.03. The van der Waals surface area contributed by atoms with E-state index in [1.807, 2.05) is 60.9 Å². The van der Waals surface area contributed by atoms with Gasteiger partial charge >= 0.3 is 0 Å². The predicted octanol–water partition coefficient (Wildman–Crippen LogP) is 3.22. The molecule has 0 unspecified atom stereocenters. The maximum atomic E-state index is 12.1. The summed E-state index contributed by atoms with van der Waals surface area (Å²) in [5.74, 6) is 0.748. The Kier molecular flexibility index (Phi) is 5.50. The van der Waals surface area contributed by atoms with Gasteiger partial charge in [0, 0.05) is 4.90 Å². The Bertz CT molecular complexity index is 557. The molecule has 0 aliphatic heterocycles. The summed E-state index contributed by atoms with van der Waals surface area (Å²) in [6.07, 6.45) is 1.96. The van der Waals surface area contributed by atoms with E-state index in [0.29, 0.717) is 18.7 Å². The van der Waals surface area contributed by atoms with Crippen LogP contribution >= 0.6 is 11.8 Å². The average Bonchev–Trinajstić information content (AvgIpc) is 2.52. The molecule has 0 heterocycles. The first-order chi connectivity index (χ1) is 9.81. The lowest BCUT2D eigenvalue weighted by Crippen LogP contribution is -2.28. The third-order valence-corrected chi connectivity index (χ3v) is 3.55. The second-order valence-electron chi connectivity index (χ2n) is 4.12. The van der Waals surface area contributed by atoms with Crippen molar-refractivity contribution >= 4 is 17.7 Å². The Morgan fingerprint density at radius 1 is 1.10 bits per heavy atom. The van der Waals surface area contributed by atoms with Crippen LogP contribution in [0, 0.1) is 0 Å². The quantitative estimate of drug-likeness (QED) is 0.655. The largest absolute Gasteiger partial charge is 0.492 e. The molecule has 20 heavy (non-hydrogen) atoms. The molecule has 1 amide bonds. The summed E-state index contributed by atoms with van der Waals surface area (Å²) in [5, 5.41) is 2.87. The second-order valence-corrected chi connectivity index (χ2v) is 4.97. The molecule has 3 nitrogen and oxygen atoms in total. The van der Waals surface area contributed by atoms with Gasteiger partial charge in [0.2, 0.25) is 0 Å². The minimum Gasteiger partial charge on any atom is -0.492 e. The Hall–Kier alpha value is -1.94. The van der Waals surface area contributed by atoms with Crippen LogP contribution in [0.25, 0.3) is 0 Å². The van der Waals surface area contributed by atoms with E-state index in [9.17, 15) is 4.79 Å². The van der Waals surface area contributed by atoms with Crippen LogP contribution in [-0.2, 0) is 0 Å². The molecule has 0 saturated heterocycles. The molecule has 0 saturated carbocycles. The first kappa shape index (κ1) is 14.5. The molecule has 4 heteroatoms. The van der Waals surface area contributed by atoms with Gasteiger partial charge in [-0.25, -0.2) is 0 Å². The van der Waals surface area contributed by atoms with Crippen molar-refractivity contribution in [2.45, 2.75) is 4.90 Å². The molecule has 0 bridgehead atoms. The Morgan fingerprint density at radius 3 is 2.55 bits per heavy atom. The molecular weight excluding hydrogens is 270 g/mol. The number of para-hydroxylation sites is 1. The van der Waals surface area contributed by atoms with Crippen LogP contribution in [0.4, 0.5) is 0 Å². The lowest BCUT2D eigenvalue weighted by Gasteiger charge is -2.09. The topological polar surface area (TPSA) is 38.3 Å². The Labute approximate surface area is 123 Å². The van der Waals surface area contributed by atoms with E-state index in [-0.39, 0.29) is 5.91 Å². The fourth-order valence-corrected chi connectivity index (χ4v) is 2.37. The van der Waals surface area contributed by atoms with E-state index in [2.05, 4.69) is 5.32 Å². The Balaban J connectivity index is 1.81. The number of hydrogen-bond acceptors (Lipinski definition) is 3. The summed E-state index contributed by atoms with van der Waals surface area (Å²) in [4.78, 5) is 13.0. The highest BCUT2D eigenvalue weighted by molar-refractivity contribution is 7.98. The summed E-state index contributed by atoms with van der Waals surface area (Å²) in [6, 6.07) is 17.1. The highest BCUT2D eigenvalue weighted by Gasteiger charge is 2.09. The lowest BCUT2D eigenvalue weighted by atomic mass is 10.2. The van der Waals surface area contributed by atoms with Crippen LogP contribution in [0.2, 0.25) is 0 Å². The molecule has 2 rings (SSSR count). The third-order valence-electron chi connectivity index (χ3n) is 2.75. The molecule has 0 radical (unpaired) electrons. The number of nitrogens with one attached hydrogen (secondary N) is 1. The molecule has 0 aliphatic carbocycles. The fraction of sp³-hybridized carbons (Fsp3) is 0.188. The highest BCUT2D eigenvalue weighted by Crippen LogP contribution is 2.19. The van der Waals surface area contributed by atoms with Gasteiger partial charge in [-0.2, -0.15) is 0 Å². The average molecular weight is 287 g/mol. The fourth-order valence-electron chi connectivity index (χ4n) is 1.78. The van der Waals surface area contributed by atoms with Crippen molar-refractivity contribution in [3.05, 3.63) is 60.2 Å². The zero-order chi connectivity index (χ0) is 14.2. The number of benzene rings is 2. The van der Waals surface area contributed by atoms with Gasteiger partial charge in [-0.15, -0.1) is 11.8 Å². The van der Waals surface area contributed by atoms with E-state index < -0.39 is 0 Å². The maximum Gasteiger partial charge on any atom is 0.252 e. The van der Waals surface area contributed by atoms with E-state index in [0.717, 1.165) is 10.6 Å². The van der Waals surface area contributed by atoms with E-state index in [4.69, 9.17) is 4.74 Å². The smallest absolute Gasteiger partial charge is 0.252 e. The second kappa shape index (κ2) is 7.60. The molecule has 2 aromatic rings. The van der Waals surface area contributed by atoms with Gasteiger partial charge in [0.15, 0.2) is 0 Å². The number of carbonyl (C=O) groups is 1. The van der Waals surface area contributed by atoms with Crippen LogP contribution in [0.5, 0.6) is 5.75 Å². The van der Waals surface area contributed by atoms with Crippen LogP contribution < -0.4 is 10.1 Å². The molecule has 2 aromatic carbocycles. The van der Waals surface area contributed by atoms with Gasteiger partial charge in [0.05, 0.1) is 12.1 Å². The molecule has 1 N–H and O–H groups in total. The summed E-state index contributed by atoms with van der Waals surface area (Å²) < 4.78 is 5.53. The summed E-state index contributed by atoms with van der Waals surface area (Å²) in [7, 11) is 0. The highest BCUT2D eigenvalue weighted by atomic mass is 32.2. The van der Waals surface area contributed by atoms with Crippen LogP contribution in [0.1, 0.15) is 10.4 Å². The first-order valence-corrected chi connectivity index (χ1v) is 7.63. The van der Waals surface area contributed by atoms with E-state index >= 15 is 0 Å². The van der Waals surface area contributed by atoms with Gasteiger partial charge in [0.25, 0.3) is 5.91 Å². The van der Waals surface area contributed by atoms with Gasteiger partial charge in [-0.05, 0) is 30.5 Å². The maximum absolute atomic E-state index is 12.1. The molecular formula is C16H17NO2S. The van der Waals surface area contributed by atoms with Gasteiger partial charge in [-0.1, -0.05) is 30.3 Å². The summed E-state index contributed by atoms with van der Waals surface area (Å²) in [5.41, 5.74) is 0.708. The number of carbonyl (C=O) groups excluding carboxylic acids is 1. The van der Waals surface area contributed by atoms with E-state index in [1.165, 1.54) is 0 Å².